The number of hydrogen-bond donors (Lipinski definition) is 0. The molecule has 3 aromatic heterocycles. The lowest BCUT2D eigenvalue weighted by molar-refractivity contribution is 0.570. The maximum absolute atomic E-state index is 3.94. The molecule has 0 unspecified atom stereocenters. The van der Waals surface area contributed by atoms with Gasteiger partial charge in [0.1, 0.15) is 0 Å². The van der Waals surface area contributed by atoms with E-state index in [0.717, 1.165) is 33.1 Å². The van der Waals surface area contributed by atoms with Crippen molar-refractivity contribution in [2.45, 2.75) is 156 Å². The molecule has 3 nitrogen and oxygen atoms in total. The van der Waals surface area contributed by atoms with Gasteiger partial charge in [-0.2, -0.15) is 0 Å². The predicted molar refractivity (Wildman–Crippen MR) is 249 cm³/mol. The first-order valence-corrected chi connectivity index (χ1v) is 23.8. The molecule has 288 valence electrons. The molecule has 0 atom stereocenters. The molecule has 0 aliphatic rings. The van der Waals surface area contributed by atoms with Crippen LogP contribution < -0.4 is 0 Å². The van der Waals surface area contributed by atoms with Crippen molar-refractivity contribution in [2.75, 3.05) is 0 Å². The Morgan fingerprint density at radius 2 is 0.611 bits per heavy atom. The topological polar surface area (TPSA) is 14.8 Å². The maximum atomic E-state index is 3.94. The van der Waals surface area contributed by atoms with E-state index >= 15 is 0 Å². The van der Waals surface area contributed by atoms with Gasteiger partial charge >= 0.3 is 0 Å². The number of fused-ring (bicyclic) bond motifs is 12. The summed E-state index contributed by atoms with van der Waals surface area (Å²) in [4.78, 5) is 0. The van der Waals surface area contributed by atoms with Crippen molar-refractivity contribution >= 4 is 113 Å². The van der Waals surface area contributed by atoms with E-state index in [1.54, 1.807) is 0 Å². The Bertz CT molecular complexity index is 2060. The highest BCUT2D eigenvalue weighted by Gasteiger charge is 2.27. The molecule has 7 rings (SSSR count). The molecule has 0 N–H and O–H groups in total. The summed E-state index contributed by atoms with van der Waals surface area (Å²) in [7, 11) is 0. The first kappa shape index (κ1) is 39.9. The molecule has 0 saturated carbocycles. The summed E-state index contributed by atoms with van der Waals surface area (Å²) in [5.74, 6) is 0. The van der Waals surface area contributed by atoms with Crippen LogP contribution >= 0.6 is 47.8 Å². The van der Waals surface area contributed by atoms with Crippen LogP contribution in [0.15, 0.2) is 68.0 Å². The summed E-state index contributed by atoms with van der Waals surface area (Å²) >= 11 is 11.8. The Labute approximate surface area is 348 Å². The number of aryl methyl sites for hydroxylation is 3. The van der Waals surface area contributed by atoms with E-state index in [9.17, 15) is 0 Å². The second-order valence-corrected chi connectivity index (χ2v) is 18.7. The van der Waals surface area contributed by atoms with Gasteiger partial charge < -0.3 is 13.7 Å². The zero-order valence-electron chi connectivity index (χ0n) is 33.0. The second-order valence-electron chi connectivity index (χ2n) is 15.9. The van der Waals surface area contributed by atoms with Crippen molar-refractivity contribution < 1.29 is 0 Å². The van der Waals surface area contributed by atoms with Crippen molar-refractivity contribution in [2.24, 2.45) is 0 Å². The van der Waals surface area contributed by atoms with Gasteiger partial charge in [-0.05, 0) is 73.9 Å². The fourth-order valence-electron chi connectivity index (χ4n) is 9.33. The minimum absolute atomic E-state index is 1.04. The van der Waals surface area contributed by atoms with E-state index in [1.807, 2.05) is 0 Å². The fourth-order valence-corrected chi connectivity index (χ4v) is 10.4. The number of hydrogen-bond acceptors (Lipinski definition) is 0. The normalized spacial score (nSPS) is 12.3. The molecule has 4 aromatic carbocycles. The van der Waals surface area contributed by atoms with Gasteiger partial charge in [0.05, 0.1) is 16.6 Å². The highest BCUT2D eigenvalue weighted by molar-refractivity contribution is 9.11. The van der Waals surface area contributed by atoms with Crippen molar-refractivity contribution in [3.8, 4) is 0 Å². The minimum Gasteiger partial charge on any atom is -0.340 e. The molecule has 0 bridgehead atoms. The summed E-state index contributed by atoms with van der Waals surface area (Å²) in [5.41, 5.74) is 8.36. The van der Waals surface area contributed by atoms with Crippen molar-refractivity contribution in [1.29, 1.82) is 0 Å². The van der Waals surface area contributed by atoms with E-state index in [0.29, 0.717) is 0 Å². The van der Waals surface area contributed by atoms with Gasteiger partial charge in [0, 0.05) is 81.9 Å². The van der Waals surface area contributed by atoms with E-state index in [1.165, 1.54) is 181 Å². The molecule has 0 amide bonds. The Morgan fingerprint density at radius 1 is 0.352 bits per heavy atom. The average Bonchev–Trinajstić information content (AvgIpc) is 3.77. The number of aromatic nitrogens is 3. The molecule has 0 aliphatic carbocycles. The van der Waals surface area contributed by atoms with Crippen LogP contribution in [0.25, 0.3) is 65.4 Å². The van der Waals surface area contributed by atoms with Crippen LogP contribution in [0.3, 0.4) is 0 Å². The smallest absolute Gasteiger partial charge is 0.0614 e. The number of unbranched alkanes of at least 4 members (excludes halogenated alkanes) is 15. The van der Waals surface area contributed by atoms with E-state index < -0.39 is 0 Å². The zero-order valence-corrected chi connectivity index (χ0v) is 37.8. The van der Waals surface area contributed by atoms with Crippen LogP contribution in [-0.4, -0.2) is 13.7 Å². The number of nitrogens with zero attached hydrogens (tertiary/aromatic N) is 3. The van der Waals surface area contributed by atoms with Gasteiger partial charge in [0.25, 0.3) is 0 Å². The lowest BCUT2D eigenvalue weighted by Gasteiger charge is -2.13. The van der Waals surface area contributed by atoms with Gasteiger partial charge in [-0.3, -0.25) is 0 Å². The molecule has 54 heavy (non-hydrogen) atoms. The first-order valence-electron chi connectivity index (χ1n) is 21.4. The van der Waals surface area contributed by atoms with Gasteiger partial charge in [-0.1, -0.05) is 165 Å². The Balaban J connectivity index is 1.55. The van der Waals surface area contributed by atoms with Crippen molar-refractivity contribution in [3.05, 3.63) is 68.0 Å². The van der Waals surface area contributed by atoms with E-state index in [2.05, 4.69) is 137 Å². The molecule has 0 saturated heterocycles. The third-order valence-corrected chi connectivity index (χ3v) is 13.5. The second kappa shape index (κ2) is 18.8. The SMILES string of the molecule is CCCCCCCCn1c2ccc(Br)cc2c2c1c1c3cc(Br)ccc3n(CCCCCCCC)c1c1c3cc(Br)ccc3n(CCCCCCCC)c21. The molecular formula is C48H60Br3N3. The minimum atomic E-state index is 1.04. The third-order valence-electron chi connectivity index (χ3n) is 12.0. The molecule has 0 aliphatic heterocycles. The summed E-state index contributed by atoms with van der Waals surface area (Å²) in [6.45, 7) is 10.1. The lowest BCUT2D eigenvalue weighted by Crippen LogP contribution is -2.02. The van der Waals surface area contributed by atoms with Gasteiger partial charge in [-0.15, -0.1) is 0 Å². The Morgan fingerprint density at radius 3 is 0.889 bits per heavy atom. The van der Waals surface area contributed by atoms with Crippen LogP contribution in [0.1, 0.15) is 136 Å². The molecule has 6 heteroatoms. The van der Waals surface area contributed by atoms with Crippen LogP contribution in [0.2, 0.25) is 0 Å². The van der Waals surface area contributed by atoms with Crippen LogP contribution in [-0.2, 0) is 19.6 Å². The lowest BCUT2D eigenvalue weighted by atomic mass is 10.0. The van der Waals surface area contributed by atoms with E-state index in [4.69, 9.17) is 0 Å². The highest BCUT2D eigenvalue weighted by atomic mass is 79.9. The molecule has 7 aromatic rings. The molecule has 0 radical (unpaired) electrons. The monoisotopic (exact) mass is 915 g/mol. The van der Waals surface area contributed by atoms with Gasteiger partial charge in [-0.25, -0.2) is 0 Å². The summed E-state index contributed by atoms with van der Waals surface area (Å²) in [5, 5.41) is 8.39. The molecule has 0 fully saturated rings. The molecule has 3 heterocycles. The third kappa shape index (κ3) is 8.10. The average molecular weight is 919 g/mol. The zero-order chi connectivity index (χ0) is 37.6. The van der Waals surface area contributed by atoms with Crippen LogP contribution in [0.4, 0.5) is 0 Å². The predicted octanol–water partition coefficient (Wildman–Crippen LogP) is 17.4. The Kier molecular flexibility index (Phi) is 13.9. The summed E-state index contributed by atoms with van der Waals surface area (Å²) < 4.78 is 11.6. The van der Waals surface area contributed by atoms with Crippen molar-refractivity contribution in [3.63, 3.8) is 0 Å². The highest BCUT2D eigenvalue weighted by Crippen LogP contribution is 2.49. The number of benzene rings is 4. The standard InChI is InChI=1S/C48H60Br3N3/c1-4-7-10-13-16-19-28-52-40-25-22-34(49)31-37(40)43-46(52)44-38-32-35(50)23-26-41(38)53(29-20-17-14-11-8-5-2)48(44)45-39-33-36(51)24-27-42(39)54(47(43)45)30-21-18-15-12-9-6-3/h22-27,31-33H,4-21,28-30H2,1-3H3. The van der Waals surface area contributed by atoms with Crippen LogP contribution in [0.5, 0.6) is 0 Å². The van der Waals surface area contributed by atoms with Crippen LogP contribution in [0, 0.1) is 0 Å². The first-order chi connectivity index (χ1) is 26.5. The number of halogens is 3. The summed E-state index contributed by atoms with van der Waals surface area (Å²) in [6.07, 6.45) is 23.3. The van der Waals surface area contributed by atoms with Gasteiger partial charge in [0.2, 0.25) is 0 Å². The Hall–Kier alpha value is -2.28. The van der Waals surface area contributed by atoms with Crippen molar-refractivity contribution in [1.82, 2.24) is 13.7 Å². The number of rotatable bonds is 21. The maximum Gasteiger partial charge on any atom is 0.0614 e. The molecule has 0 spiro atoms. The quantitative estimate of drug-likeness (QED) is 0.0638. The van der Waals surface area contributed by atoms with Gasteiger partial charge in [0.15, 0.2) is 0 Å². The fraction of sp³-hybridized carbons (Fsp3) is 0.500. The largest absolute Gasteiger partial charge is 0.340 e. The summed E-state index contributed by atoms with van der Waals surface area (Å²) in [6, 6.07) is 21.2. The van der Waals surface area contributed by atoms with E-state index in [-0.39, 0.29) is 0 Å². The molecular weight excluding hydrogens is 858 g/mol.